The van der Waals surface area contributed by atoms with E-state index in [2.05, 4.69) is 0 Å². The molecule has 0 amide bonds. The molecule has 0 radical (unpaired) electrons. The van der Waals surface area contributed by atoms with Gasteiger partial charge < -0.3 is 14.3 Å². The first kappa shape index (κ1) is 32.0. The third-order valence-corrected chi connectivity index (χ3v) is 12.8. The average Bonchev–Trinajstić information content (AvgIpc) is 2.90. The van der Waals surface area contributed by atoms with Crippen LogP contribution >= 0.6 is 0 Å². The molecule has 3 aromatic carbocycles. The summed E-state index contributed by atoms with van der Waals surface area (Å²) in [6, 6.07) is 25.2. The van der Waals surface area contributed by atoms with E-state index in [1.54, 1.807) is 19.1 Å². The first-order chi connectivity index (χ1) is 18.7. The van der Waals surface area contributed by atoms with E-state index in [0.29, 0.717) is 0 Å². The van der Waals surface area contributed by atoms with Gasteiger partial charge in [-0.1, -0.05) is 99.1 Å². The zero-order chi connectivity index (χ0) is 29.6. The zero-order valence-corrected chi connectivity index (χ0v) is 24.7. The van der Waals surface area contributed by atoms with Gasteiger partial charge in [0.15, 0.2) is 0 Å². The lowest BCUT2D eigenvalue weighted by atomic mass is 10.2. The van der Waals surface area contributed by atoms with E-state index in [4.69, 9.17) is 13.3 Å². The minimum atomic E-state index is -5.00. The van der Waals surface area contributed by atoms with Crippen LogP contribution in [0.1, 0.15) is 26.3 Å². The molecule has 3 rings (SSSR count). The summed E-state index contributed by atoms with van der Waals surface area (Å²) in [5.41, 5.74) is 0.852. The third kappa shape index (κ3) is 7.80. The van der Waals surface area contributed by atoms with Crippen LogP contribution in [-0.2, 0) is 23.5 Å². The standard InChI is InChI=1S/C29H35F3O6SSi/c1-22-15-17-24(18-16-22)39(34,35)37-20-23(19-36-27(33)29(30,31)32)21-38-40(28(2,3)4,25-11-7-5-8-12-25)26-13-9-6-10-14-26/h5-18,23,27,33H,19-21H2,1-4H3. The van der Waals surface area contributed by atoms with Crippen molar-refractivity contribution in [3.8, 4) is 0 Å². The van der Waals surface area contributed by atoms with Crippen LogP contribution in [0, 0.1) is 12.8 Å². The Kier molecular flexibility index (Phi) is 10.4. The van der Waals surface area contributed by atoms with Crippen LogP contribution in [-0.4, -0.2) is 54.1 Å². The summed E-state index contributed by atoms with van der Waals surface area (Å²) in [5.74, 6) is -0.959. The highest BCUT2D eigenvalue weighted by Crippen LogP contribution is 2.37. The fourth-order valence-electron chi connectivity index (χ4n) is 4.43. The van der Waals surface area contributed by atoms with Crippen molar-refractivity contribution in [2.45, 2.75) is 50.1 Å². The van der Waals surface area contributed by atoms with Gasteiger partial charge in [0.2, 0.25) is 0 Å². The van der Waals surface area contributed by atoms with E-state index < -0.39 is 55.1 Å². The zero-order valence-electron chi connectivity index (χ0n) is 22.9. The van der Waals surface area contributed by atoms with Crippen molar-refractivity contribution in [2.75, 3.05) is 19.8 Å². The number of benzene rings is 3. The van der Waals surface area contributed by atoms with Crippen molar-refractivity contribution < 1.29 is 40.0 Å². The van der Waals surface area contributed by atoms with Gasteiger partial charge in [-0.3, -0.25) is 4.18 Å². The summed E-state index contributed by atoms with van der Waals surface area (Å²) < 4.78 is 81.3. The monoisotopic (exact) mass is 596 g/mol. The van der Waals surface area contributed by atoms with Gasteiger partial charge >= 0.3 is 6.18 Å². The molecular weight excluding hydrogens is 561 g/mol. The van der Waals surface area contributed by atoms with Crippen molar-refractivity contribution in [2.24, 2.45) is 5.92 Å². The van der Waals surface area contributed by atoms with Crippen LogP contribution in [0.25, 0.3) is 0 Å². The Bertz CT molecular complexity index is 1270. The number of aliphatic hydroxyl groups is 1. The lowest BCUT2D eigenvalue weighted by Gasteiger charge is -2.43. The van der Waals surface area contributed by atoms with Gasteiger partial charge in [-0.25, -0.2) is 0 Å². The van der Waals surface area contributed by atoms with Crippen molar-refractivity contribution in [3.63, 3.8) is 0 Å². The number of aryl methyl sites for hydroxylation is 1. The molecule has 0 aliphatic carbocycles. The minimum Gasteiger partial charge on any atom is -0.407 e. The Hall–Kier alpha value is -2.54. The van der Waals surface area contributed by atoms with E-state index in [9.17, 15) is 26.7 Å². The van der Waals surface area contributed by atoms with E-state index in [0.717, 1.165) is 15.9 Å². The van der Waals surface area contributed by atoms with Crippen molar-refractivity contribution in [1.82, 2.24) is 0 Å². The molecule has 0 aromatic heterocycles. The van der Waals surface area contributed by atoms with E-state index in [1.165, 1.54) is 12.1 Å². The number of rotatable bonds is 12. The number of alkyl halides is 3. The van der Waals surface area contributed by atoms with Crippen molar-refractivity contribution in [1.29, 1.82) is 0 Å². The molecule has 2 atom stereocenters. The fourth-order valence-corrected chi connectivity index (χ4v) is 10.0. The molecule has 0 aliphatic rings. The van der Waals surface area contributed by atoms with Gasteiger partial charge in [-0.2, -0.15) is 21.6 Å². The predicted molar refractivity (Wildman–Crippen MR) is 149 cm³/mol. The number of hydrogen-bond donors (Lipinski definition) is 1. The first-order valence-corrected chi connectivity index (χ1v) is 16.1. The molecule has 0 aliphatic heterocycles. The highest BCUT2D eigenvalue weighted by molar-refractivity contribution is 7.86. The summed E-state index contributed by atoms with van der Waals surface area (Å²) in [4.78, 5) is -0.0824. The number of halogens is 3. The van der Waals surface area contributed by atoms with Gasteiger partial charge in [0, 0.05) is 12.5 Å². The molecule has 0 saturated heterocycles. The SMILES string of the molecule is Cc1ccc(S(=O)(=O)OCC(COC(O)C(F)(F)F)CO[Si](c2ccccc2)(c2ccccc2)C(C)(C)C)cc1. The minimum absolute atomic E-state index is 0.0824. The third-order valence-electron chi connectivity index (χ3n) is 6.49. The molecule has 0 bridgehead atoms. The second-order valence-electron chi connectivity index (χ2n) is 10.6. The number of aliphatic hydroxyl groups excluding tert-OH is 1. The summed E-state index contributed by atoms with van der Waals surface area (Å²) in [5, 5.41) is 10.9. The lowest BCUT2D eigenvalue weighted by Crippen LogP contribution is -2.67. The van der Waals surface area contributed by atoms with Gasteiger partial charge in [0.05, 0.1) is 18.1 Å². The highest BCUT2D eigenvalue weighted by Gasteiger charge is 2.50. The van der Waals surface area contributed by atoms with E-state index in [1.807, 2.05) is 81.4 Å². The summed E-state index contributed by atoms with van der Waals surface area (Å²) in [6.45, 7) is 6.57. The normalized spacial score (nSPS) is 14.6. The molecule has 40 heavy (non-hydrogen) atoms. The van der Waals surface area contributed by atoms with E-state index in [-0.39, 0.29) is 11.5 Å². The molecule has 6 nitrogen and oxygen atoms in total. The molecule has 2 unspecified atom stereocenters. The van der Waals surface area contributed by atoms with Gasteiger partial charge in [0.1, 0.15) is 0 Å². The molecule has 0 heterocycles. The number of hydrogen-bond acceptors (Lipinski definition) is 6. The van der Waals surface area contributed by atoms with Crippen LogP contribution in [0.15, 0.2) is 89.8 Å². The Morgan fingerprint density at radius 3 is 1.75 bits per heavy atom. The summed E-state index contributed by atoms with van der Waals surface area (Å²) in [6.07, 6.45) is -8.03. The summed E-state index contributed by atoms with van der Waals surface area (Å²) in [7, 11) is -7.31. The molecular formula is C29H35F3O6SSi. The maximum absolute atomic E-state index is 13.0. The predicted octanol–water partition coefficient (Wildman–Crippen LogP) is 4.79. The highest BCUT2D eigenvalue weighted by atomic mass is 32.2. The molecule has 11 heteroatoms. The Labute approximate surface area is 235 Å². The molecule has 0 saturated carbocycles. The largest absolute Gasteiger partial charge is 0.439 e. The Morgan fingerprint density at radius 1 is 0.800 bits per heavy atom. The van der Waals surface area contributed by atoms with Crippen LogP contribution in [0.5, 0.6) is 0 Å². The molecule has 3 aromatic rings. The van der Waals surface area contributed by atoms with Crippen LogP contribution < -0.4 is 10.4 Å². The van der Waals surface area contributed by atoms with Crippen molar-refractivity contribution in [3.05, 3.63) is 90.5 Å². The second kappa shape index (κ2) is 13.0. The Morgan fingerprint density at radius 2 is 1.30 bits per heavy atom. The smallest absolute Gasteiger partial charge is 0.407 e. The van der Waals surface area contributed by atoms with Crippen LogP contribution in [0.4, 0.5) is 13.2 Å². The molecule has 1 N–H and O–H groups in total. The number of ether oxygens (including phenoxy) is 1. The fraction of sp³-hybridized carbons (Fsp3) is 0.379. The molecule has 218 valence electrons. The van der Waals surface area contributed by atoms with Crippen LogP contribution in [0.2, 0.25) is 5.04 Å². The van der Waals surface area contributed by atoms with E-state index >= 15 is 0 Å². The quantitative estimate of drug-likeness (QED) is 0.184. The van der Waals surface area contributed by atoms with Crippen molar-refractivity contribution >= 4 is 28.8 Å². The average molecular weight is 597 g/mol. The maximum atomic E-state index is 13.0. The Balaban J connectivity index is 1.94. The molecule has 0 fully saturated rings. The van der Waals surface area contributed by atoms with Crippen LogP contribution in [0.3, 0.4) is 0 Å². The second-order valence-corrected chi connectivity index (χ2v) is 16.5. The molecule has 0 spiro atoms. The first-order valence-electron chi connectivity index (χ1n) is 12.7. The lowest BCUT2D eigenvalue weighted by molar-refractivity contribution is -0.296. The van der Waals surface area contributed by atoms with Gasteiger partial charge in [-0.15, -0.1) is 0 Å². The summed E-state index contributed by atoms with van der Waals surface area (Å²) >= 11 is 0. The maximum Gasteiger partial charge on any atom is 0.439 e. The van der Waals surface area contributed by atoms with Gasteiger partial charge in [0.25, 0.3) is 24.7 Å². The van der Waals surface area contributed by atoms with Gasteiger partial charge in [-0.05, 0) is 34.5 Å². The topological polar surface area (TPSA) is 82.1 Å².